The molecule has 2 nitrogen and oxygen atoms in total. The van der Waals surface area contributed by atoms with Crippen molar-refractivity contribution in [2.24, 2.45) is 0 Å². The van der Waals surface area contributed by atoms with Gasteiger partial charge in [-0.05, 0) is 6.42 Å². The van der Waals surface area contributed by atoms with E-state index in [1.54, 1.807) is 13.2 Å². The summed E-state index contributed by atoms with van der Waals surface area (Å²) in [7, 11) is 1.71. The van der Waals surface area contributed by atoms with E-state index in [4.69, 9.17) is 5.26 Å². The van der Waals surface area contributed by atoms with Gasteiger partial charge in [0.2, 0.25) is 0 Å². The van der Waals surface area contributed by atoms with Gasteiger partial charge in [0.15, 0.2) is 6.19 Å². The molecule has 0 unspecified atom stereocenters. The van der Waals surface area contributed by atoms with Crippen molar-refractivity contribution in [1.29, 1.82) is 5.26 Å². The smallest absolute Gasteiger partial charge is 0.183 e. The van der Waals surface area contributed by atoms with Gasteiger partial charge in [-0.1, -0.05) is 13.0 Å². The Bertz CT molecular complexity index is 110. The molecule has 0 rings (SSSR count). The van der Waals surface area contributed by atoms with E-state index in [2.05, 4.69) is 0 Å². The minimum atomic E-state index is 0.978. The zero-order valence-electron chi connectivity index (χ0n) is 5.26. The van der Waals surface area contributed by atoms with Crippen LogP contribution >= 0.6 is 0 Å². The Morgan fingerprint density at radius 2 is 2.38 bits per heavy atom. The van der Waals surface area contributed by atoms with Crippen molar-refractivity contribution in [3.63, 3.8) is 0 Å². The minimum Gasteiger partial charge on any atom is -0.290 e. The highest BCUT2D eigenvalue weighted by molar-refractivity contribution is 4.86. The molecule has 0 aromatic rings. The van der Waals surface area contributed by atoms with E-state index in [0.717, 1.165) is 6.42 Å². The van der Waals surface area contributed by atoms with Gasteiger partial charge in [0.05, 0.1) is 0 Å². The maximum atomic E-state index is 8.19. The van der Waals surface area contributed by atoms with Gasteiger partial charge >= 0.3 is 0 Å². The lowest BCUT2D eigenvalue weighted by molar-refractivity contribution is 0.645. The SMILES string of the molecule is CC/C=C\N(C)C#N. The van der Waals surface area contributed by atoms with E-state index >= 15 is 0 Å². The molecule has 0 N–H and O–H groups in total. The van der Waals surface area contributed by atoms with Gasteiger partial charge in [-0.15, -0.1) is 0 Å². The molecule has 0 aromatic heterocycles. The van der Waals surface area contributed by atoms with E-state index in [9.17, 15) is 0 Å². The summed E-state index contributed by atoms with van der Waals surface area (Å²) in [5, 5.41) is 8.19. The van der Waals surface area contributed by atoms with E-state index in [-0.39, 0.29) is 0 Å². The summed E-state index contributed by atoms with van der Waals surface area (Å²) in [6.45, 7) is 2.03. The first-order valence-corrected chi connectivity index (χ1v) is 2.60. The molecule has 0 bridgehead atoms. The van der Waals surface area contributed by atoms with E-state index in [1.807, 2.05) is 19.2 Å². The van der Waals surface area contributed by atoms with Crippen LogP contribution in [0.4, 0.5) is 0 Å². The van der Waals surface area contributed by atoms with E-state index in [1.165, 1.54) is 4.90 Å². The summed E-state index contributed by atoms with van der Waals surface area (Å²) in [5.41, 5.74) is 0. The molecule has 0 aliphatic carbocycles. The Morgan fingerprint density at radius 3 is 2.75 bits per heavy atom. The molecule has 0 heterocycles. The van der Waals surface area contributed by atoms with Gasteiger partial charge in [-0.3, -0.25) is 4.90 Å². The van der Waals surface area contributed by atoms with Crippen LogP contribution in [0.15, 0.2) is 12.3 Å². The third kappa shape index (κ3) is 3.23. The highest BCUT2D eigenvalue weighted by Crippen LogP contribution is 1.82. The number of hydrogen-bond acceptors (Lipinski definition) is 2. The van der Waals surface area contributed by atoms with Gasteiger partial charge in [0, 0.05) is 13.2 Å². The molecule has 0 saturated heterocycles. The number of allylic oxidation sites excluding steroid dienone is 1. The predicted molar refractivity (Wildman–Crippen MR) is 32.8 cm³/mol. The molecule has 0 aromatic carbocycles. The lowest BCUT2D eigenvalue weighted by Crippen LogP contribution is -1.98. The molecule has 0 radical (unpaired) electrons. The molecule has 2 heteroatoms. The van der Waals surface area contributed by atoms with Crippen molar-refractivity contribution in [3.8, 4) is 6.19 Å². The molecule has 0 fully saturated rings. The van der Waals surface area contributed by atoms with Crippen molar-refractivity contribution in [3.05, 3.63) is 12.3 Å². The maximum Gasteiger partial charge on any atom is 0.183 e. The van der Waals surface area contributed by atoms with Crippen LogP contribution in [-0.4, -0.2) is 11.9 Å². The highest BCUT2D eigenvalue weighted by Gasteiger charge is 1.77. The summed E-state index contributed by atoms with van der Waals surface area (Å²) in [6, 6.07) is 0. The standard InChI is InChI=1S/C6H10N2/c1-3-4-5-8(2)6-7/h4-5H,3H2,1-2H3/b5-4-. The summed E-state index contributed by atoms with van der Waals surface area (Å²) in [5.74, 6) is 0. The average molecular weight is 110 g/mol. The summed E-state index contributed by atoms with van der Waals surface area (Å²) in [6.07, 6.45) is 6.61. The lowest BCUT2D eigenvalue weighted by Gasteiger charge is -1.96. The zero-order valence-corrected chi connectivity index (χ0v) is 5.26. The second-order valence-electron chi connectivity index (χ2n) is 1.50. The Balaban J connectivity index is 3.40. The van der Waals surface area contributed by atoms with Crippen LogP contribution in [0.25, 0.3) is 0 Å². The summed E-state index contributed by atoms with van der Waals surface area (Å²) < 4.78 is 0. The first kappa shape index (κ1) is 7.03. The molecule has 0 atom stereocenters. The van der Waals surface area contributed by atoms with Gasteiger partial charge in [-0.25, -0.2) is 0 Å². The fraction of sp³-hybridized carbons (Fsp3) is 0.500. The topological polar surface area (TPSA) is 27.0 Å². The number of rotatable bonds is 2. The molecule has 0 saturated carbocycles. The second kappa shape index (κ2) is 4.20. The summed E-state index contributed by atoms with van der Waals surface area (Å²) in [4.78, 5) is 1.46. The fourth-order valence-electron chi connectivity index (χ4n) is 0.297. The van der Waals surface area contributed by atoms with Crippen LogP contribution in [-0.2, 0) is 0 Å². The molecule has 8 heavy (non-hydrogen) atoms. The Hall–Kier alpha value is -0.970. The number of hydrogen-bond donors (Lipinski definition) is 0. The van der Waals surface area contributed by atoms with Crippen molar-refractivity contribution in [2.75, 3.05) is 7.05 Å². The monoisotopic (exact) mass is 110 g/mol. The molecular weight excluding hydrogens is 100 g/mol. The van der Waals surface area contributed by atoms with E-state index in [0.29, 0.717) is 0 Å². The van der Waals surface area contributed by atoms with Crippen molar-refractivity contribution < 1.29 is 0 Å². The fourth-order valence-corrected chi connectivity index (χ4v) is 0.297. The molecule has 0 amide bonds. The lowest BCUT2D eigenvalue weighted by atomic mass is 10.5. The predicted octanol–water partition coefficient (Wildman–Crippen LogP) is 1.32. The number of nitrogens with zero attached hydrogens (tertiary/aromatic N) is 2. The largest absolute Gasteiger partial charge is 0.290 e. The molecule has 44 valence electrons. The van der Waals surface area contributed by atoms with Gasteiger partial charge in [0.1, 0.15) is 0 Å². The average Bonchev–Trinajstić information content (AvgIpc) is 1.83. The van der Waals surface area contributed by atoms with Crippen LogP contribution in [0, 0.1) is 11.5 Å². The van der Waals surface area contributed by atoms with Gasteiger partial charge < -0.3 is 0 Å². The third-order valence-electron chi connectivity index (χ3n) is 0.722. The number of nitriles is 1. The van der Waals surface area contributed by atoms with Crippen LogP contribution < -0.4 is 0 Å². The van der Waals surface area contributed by atoms with Crippen molar-refractivity contribution >= 4 is 0 Å². The zero-order chi connectivity index (χ0) is 6.41. The van der Waals surface area contributed by atoms with Gasteiger partial charge in [-0.2, -0.15) is 5.26 Å². The third-order valence-corrected chi connectivity index (χ3v) is 0.722. The van der Waals surface area contributed by atoms with E-state index < -0.39 is 0 Å². The summed E-state index contributed by atoms with van der Waals surface area (Å²) >= 11 is 0. The quantitative estimate of drug-likeness (QED) is 0.396. The first-order valence-electron chi connectivity index (χ1n) is 2.60. The molecule has 0 aliphatic rings. The molecular formula is C6H10N2. The Morgan fingerprint density at radius 1 is 1.75 bits per heavy atom. The van der Waals surface area contributed by atoms with Crippen LogP contribution in [0.1, 0.15) is 13.3 Å². The Kier molecular flexibility index (Phi) is 3.69. The molecule has 0 spiro atoms. The first-order chi connectivity index (χ1) is 3.81. The maximum absolute atomic E-state index is 8.19. The van der Waals surface area contributed by atoms with Crippen molar-refractivity contribution in [2.45, 2.75) is 13.3 Å². The Labute approximate surface area is 50.0 Å². The molecule has 0 aliphatic heterocycles. The minimum absolute atomic E-state index is 0.978. The van der Waals surface area contributed by atoms with Crippen LogP contribution in [0.2, 0.25) is 0 Å². The highest BCUT2D eigenvalue weighted by atomic mass is 15.1. The second-order valence-corrected chi connectivity index (χ2v) is 1.50. The van der Waals surface area contributed by atoms with Crippen molar-refractivity contribution in [1.82, 2.24) is 4.90 Å². The normalized spacial score (nSPS) is 9.12. The van der Waals surface area contributed by atoms with Crippen LogP contribution in [0.3, 0.4) is 0 Å². The van der Waals surface area contributed by atoms with Crippen LogP contribution in [0.5, 0.6) is 0 Å². The van der Waals surface area contributed by atoms with Gasteiger partial charge in [0.25, 0.3) is 0 Å².